The van der Waals surface area contributed by atoms with Crippen LogP contribution in [-0.4, -0.2) is 33.0 Å². The summed E-state index contributed by atoms with van der Waals surface area (Å²) in [5.41, 5.74) is 3.72. The molecule has 3 aromatic rings. The van der Waals surface area contributed by atoms with E-state index in [0.717, 1.165) is 30.6 Å². The Balaban J connectivity index is 1.62. The fourth-order valence-electron chi connectivity index (χ4n) is 4.53. The second kappa shape index (κ2) is 8.40. The molecule has 1 amide bonds. The lowest BCUT2D eigenvalue weighted by Gasteiger charge is -2.24. The maximum Gasteiger partial charge on any atom is 0.239 e. The molecule has 1 aliphatic heterocycles. The predicted octanol–water partition coefficient (Wildman–Crippen LogP) is 4.22. The molecule has 1 aliphatic rings. The van der Waals surface area contributed by atoms with E-state index >= 15 is 0 Å². The number of rotatable bonds is 5. The summed E-state index contributed by atoms with van der Waals surface area (Å²) >= 11 is 0. The summed E-state index contributed by atoms with van der Waals surface area (Å²) in [6.07, 6.45) is 4.06. The fourth-order valence-corrected chi connectivity index (χ4v) is 4.53. The van der Waals surface area contributed by atoms with Gasteiger partial charge in [0.2, 0.25) is 5.91 Å². The number of aryl methyl sites for hydroxylation is 1. The van der Waals surface area contributed by atoms with Gasteiger partial charge in [-0.05, 0) is 69.1 Å². The fraction of sp³-hybridized carbons (Fsp3) is 0.333. The number of carbonyl (C=O) groups is 1. The summed E-state index contributed by atoms with van der Waals surface area (Å²) in [5.74, 6) is -0.169. The highest BCUT2D eigenvalue weighted by atomic mass is 19.1. The standard InChI is InChI=1S/C24H26FN5O/c1-16-17(2)30(19-8-4-7-18(25)13-19)24(20(16)14-26)27-23(31)15-29-12-6-10-22(29)21-9-5-11-28(21)3/h4-5,7-9,11,13,22H,6,10,12,15H2,1-3H3,(H,27,31)/t22-/m1/s1. The Kier molecular flexibility index (Phi) is 5.66. The van der Waals surface area contributed by atoms with Crippen LogP contribution in [0.5, 0.6) is 0 Å². The summed E-state index contributed by atoms with van der Waals surface area (Å²) in [6.45, 7) is 4.78. The molecule has 0 unspecified atom stereocenters. The maximum atomic E-state index is 13.9. The molecular formula is C24H26FN5O. The number of nitrogens with one attached hydrogen (secondary N) is 1. The zero-order valence-electron chi connectivity index (χ0n) is 18.0. The third-order valence-corrected chi connectivity index (χ3v) is 6.19. The van der Waals surface area contributed by atoms with Crippen molar-refractivity contribution >= 4 is 11.7 Å². The van der Waals surface area contributed by atoms with E-state index in [4.69, 9.17) is 0 Å². The predicted molar refractivity (Wildman–Crippen MR) is 118 cm³/mol. The van der Waals surface area contributed by atoms with Gasteiger partial charge in [0.25, 0.3) is 0 Å². The molecule has 0 saturated carbocycles. The molecule has 1 fully saturated rings. The van der Waals surface area contributed by atoms with Crippen LogP contribution < -0.4 is 5.32 Å². The van der Waals surface area contributed by atoms with Crippen molar-refractivity contribution in [2.24, 2.45) is 7.05 Å². The zero-order valence-corrected chi connectivity index (χ0v) is 18.0. The van der Waals surface area contributed by atoms with Gasteiger partial charge in [-0.25, -0.2) is 4.39 Å². The number of halogens is 1. The van der Waals surface area contributed by atoms with Gasteiger partial charge in [0.1, 0.15) is 17.7 Å². The second-order valence-corrected chi connectivity index (χ2v) is 8.08. The molecule has 1 atom stereocenters. The SMILES string of the molecule is Cc1c(C#N)c(NC(=O)CN2CCC[C@@H]2c2cccn2C)n(-c2cccc(F)c2)c1C. The summed E-state index contributed by atoms with van der Waals surface area (Å²) in [7, 11) is 2.02. The molecule has 1 saturated heterocycles. The third-order valence-electron chi connectivity index (χ3n) is 6.19. The lowest BCUT2D eigenvalue weighted by Crippen LogP contribution is -2.34. The smallest absolute Gasteiger partial charge is 0.239 e. The number of nitriles is 1. The molecule has 4 rings (SSSR count). The van der Waals surface area contributed by atoms with E-state index in [1.54, 1.807) is 16.7 Å². The van der Waals surface area contributed by atoms with Gasteiger partial charge in [0.15, 0.2) is 0 Å². The molecule has 6 nitrogen and oxygen atoms in total. The number of anilines is 1. The number of aromatic nitrogens is 2. The topological polar surface area (TPSA) is 66.0 Å². The Morgan fingerprint density at radius 3 is 2.77 bits per heavy atom. The van der Waals surface area contributed by atoms with E-state index in [-0.39, 0.29) is 24.3 Å². The van der Waals surface area contributed by atoms with E-state index in [9.17, 15) is 14.4 Å². The van der Waals surface area contributed by atoms with Crippen LogP contribution >= 0.6 is 0 Å². The molecule has 1 N–H and O–H groups in total. The highest BCUT2D eigenvalue weighted by molar-refractivity contribution is 5.93. The minimum absolute atomic E-state index is 0.187. The van der Waals surface area contributed by atoms with Crippen LogP contribution in [0.3, 0.4) is 0 Å². The number of nitrogens with zero attached hydrogens (tertiary/aromatic N) is 4. The molecule has 7 heteroatoms. The quantitative estimate of drug-likeness (QED) is 0.673. The number of amides is 1. The third kappa shape index (κ3) is 3.87. The molecule has 2 aromatic heterocycles. The summed E-state index contributed by atoms with van der Waals surface area (Å²) in [6, 6.07) is 12.7. The molecule has 0 radical (unpaired) electrons. The Hall–Kier alpha value is -3.37. The van der Waals surface area contributed by atoms with Crippen molar-refractivity contribution in [3.63, 3.8) is 0 Å². The highest BCUT2D eigenvalue weighted by Crippen LogP contribution is 2.33. The molecular weight excluding hydrogens is 393 g/mol. The lowest BCUT2D eigenvalue weighted by molar-refractivity contribution is -0.117. The van der Waals surface area contributed by atoms with Crippen molar-refractivity contribution in [2.75, 3.05) is 18.4 Å². The van der Waals surface area contributed by atoms with Crippen LogP contribution in [0.1, 0.15) is 41.4 Å². The van der Waals surface area contributed by atoms with Gasteiger partial charge in [0.05, 0.1) is 23.8 Å². The zero-order chi connectivity index (χ0) is 22.1. The van der Waals surface area contributed by atoms with Crippen molar-refractivity contribution in [3.8, 4) is 11.8 Å². The largest absolute Gasteiger partial charge is 0.353 e. The molecule has 0 bridgehead atoms. The minimum atomic E-state index is -0.374. The van der Waals surface area contributed by atoms with Gasteiger partial charge in [-0.2, -0.15) is 5.26 Å². The normalized spacial score (nSPS) is 16.4. The van der Waals surface area contributed by atoms with Gasteiger partial charge in [-0.15, -0.1) is 0 Å². The number of benzene rings is 1. The summed E-state index contributed by atoms with van der Waals surface area (Å²) in [4.78, 5) is 15.2. The average Bonchev–Trinajstić information content (AvgIpc) is 3.41. The van der Waals surface area contributed by atoms with Gasteiger partial charge in [0, 0.05) is 24.6 Å². The number of carbonyl (C=O) groups excluding carboxylic acids is 1. The van der Waals surface area contributed by atoms with E-state index in [0.29, 0.717) is 17.1 Å². The van der Waals surface area contributed by atoms with Crippen molar-refractivity contribution in [2.45, 2.75) is 32.7 Å². The highest BCUT2D eigenvalue weighted by Gasteiger charge is 2.30. The maximum absolute atomic E-state index is 13.9. The van der Waals surface area contributed by atoms with E-state index in [1.807, 2.05) is 33.2 Å². The van der Waals surface area contributed by atoms with Gasteiger partial charge < -0.3 is 9.88 Å². The van der Waals surface area contributed by atoms with Gasteiger partial charge >= 0.3 is 0 Å². The van der Waals surface area contributed by atoms with E-state index in [2.05, 4.69) is 26.9 Å². The first-order valence-corrected chi connectivity index (χ1v) is 10.4. The van der Waals surface area contributed by atoms with Crippen LogP contribution in [0.15, 0.2) is 42.6 Å². The number of hydrogen-bond donors (Lipinski definition) is 1. The molecule has 3 heterocycles. The summed E-state index contributed by atoms with van der Waals surface area (Å²) in [5, 5.41) is 12.7. The first-order chi connectivity index (χ1) is 14.9. The average molecular weight is 420 g/mol. The van der Waals surface area contributed by atoms with Crippen molar-refractivity contribution < 1.29 is 9.18 Å². The Morgan fingerprint density at radius 2 is 2.10 bits per heavy atom. The lowest BCUT2D eigenvalue weighted by atomic mass is 10.1. The Labute approximate surface area is 181 Å². The van der Waals surface area contributed by atoms with Crippen molar-refractivity contribution in [1.82, 2.24) is 14.0 Å². The molecule has 160 valence electrons. The van der Waals surface area contributed by atoms with Crippen LogP contribution in [0, 0.1) is 31.0 Å². The molecule has 0 aliphatic carbocycles. The van der Waals surface area contributed by atoms with Crippen LogP contribution in [0.4, 0.5) is 10.2 Å². The number of hydrogen-bond acceptors (Lipinski definition) is 3. The number of likely N-dealkylation sites (tertiary alicyclic amines) is 1. The van der Waals surface area contributed by atoms with Crippen LogP contribution in [0.25, 0.3) is 5.69 Å². The Morgan fingerprint density at radius 1 is 1.29 bits per heavy atom. The van der Waals surface area contributed by atoms with Crippen molar-refractivity contribution in [1.29, 1.82) is 5.26 Å². The first-order valence-electron chi connectivity index (χ1n) is 10.4. The summed E-state index contributed by atoms with van der Waals surface area (Å²) < 4.78 is 17.7. The first kappa shape index (κ1) is 20.9. The van der Waals surface area contributed by atoms with E-state index in [1.165, 1.54) is 17.8 Å². The van der Waals surface area contributed by atoms with Gasteiger partial charge in [-0.3, -0.25) is 14.3 Å². The molecule has 1 aromatic carbocycles. The second-order valence-electron chi connectivity index (χ2n) is 8.08. The van der Waals surface area contributed by atoms with Crippen molar-refractivity contribution in [3.05, 3.63) is 70.9 Å². The monoisotopic (exact) mass is 419 g/mol. The molecule has 0 spiro atoms. The molecule has 31 heavy (non-hydrogen) atoms. The minimum Gasteiger partial charge on any atom is -0.353 e. The van der Waals surface area contributed by atoms with Gasteiger partial charge in [-0.1, -0.05) is 6.07 Å². The van der Waals surface area contributed by atoms with Crippen LogP contribution in [-0.2, 0) is 11.8 Å². The van der Waals surface area contributed by atoms with Crippen LogP contribution in [0.2, 0.25) is 0 Å². The Bertz CT molecular complexity index is 1170. The van der Waals surface area contributed by atoms with E-state index < -0.39 is 0 Å².